The van der Waals surface area contributed by atoms with Gasteiger partial charge in [-0.3, -0.25) is 9.00 Å². The molecule has 2 heterocycles. The fourth-order valence-corrected chi connectivity index (χ4v) is 6.27. The predicted molar refractivity (Wildman–Crippen MR) is 89.1 cm³/mol. The van der Waals surface area contributed by atoms with Crippen molar-refractivity contribution >= 4 is 16.6 Å². The van der Waals surface area contributed by atoms with E-state index in [4.69, 9.17) is 4.74 Å². The third kappa shape index (κ3) is 2.73. The highest BCUT2D eigenvalue weighted by Gasteiger charge is 2.41. The standard InChI is InChI=1S/C18H24O3S/c1-11-7-14(21-3)8-12(2)17(11)18(19)13-9-15-5-4-6-16(10-13)22(15)20/h7-8,13,15-16H,4-6,9-10H2,1-3H3. The summed E-state index contributed by atoms with van der Waals surface area (Å²) in [5.41, 5.74) is 2.81. The van der Waals surface area contributed by atoms with Crippen LogP contribution in [0, 0.1) is 19.8 Å². The van der Waals surface area contributed by atoms with Gasteiger partial charge in [-0.2, -0.15) is 0 Å². The molecule has 0 aliphatic carbocycles. The maximum absolute atomic E-state index is 13.0. The summed E-state index contributed by atoms with van der Waals surface area (Å²) < 4.78 is 17.6. The summed E-state index contributed by atoms with van der Waals surface area (Å²) >= 11 is 0. The van der Waals surface area contributed by atoms with Gasteiger partial charge >= 0.3 is 0 Å². The third-order valence-electron chi connectivity index (χ3n) is 5.16. The Bertz CT molecular complexity index is 584. The molecule has 0 amide bonds. The molecule has 0 aromatic heterocycles. The highest BCUT2D eigenvalue weighted by atomic mass is 32.2. The van der Waals surface area contributed by atoms with E-state index in [1.165, 1.54) is 6.42 Å². The minimum absolute atomic E-state index is 0.0406. The van der Waals surface area contributed by atoms with Gasteiger partial charge in [0.1, 0.15) is 5.75 Å². The Morgan fingerprint density at radius 3 is 2.18 bits per heavy atom. The van der Waals surface area contributed by atoms with Gasteiger partial charge in [0.15, 0.2) is 5.78 Å². The van der Waals surface area contributed by atoms with E-state index in [9.17, 15) is 9.00 Å². The first-order valence-corrected chi connectivity index (χ1v) is 9.37. The van der Waals surface area contributed by atoms with E-state index in [0.717, 1.165) is 48.1 Å². The van der Waals surface area contributed by atoms with Gasteiger partial charge in [0.2, 0.25) is 0 Å². The fourth-order valence-electron chi connectivity index (χ4n) is 4.08. The number of ketones is 1. The summed E-state index contributed by atoms with van der Waals surface area (Å²) in [6, 6.07) is 3.87. The molecule has 2 aliphatic heterocycles. The van der Waals surface area contributed by atoms with E-state index < -0.39 is 10.8 Å². The summed E-state index contributed by atoms with van der Waals surface area (Å²) in [7, 11) is 0.929. The quantitative estimate of drug-likeness (QED) is 0.800. The first-order valence-electron chi connectivity index (χ1n) is 8.10. The van der Waals surface area contributed by atoms with Crippen LogP contribution in [-0.4, -0.2) is 27.6 Å². The van der Waals surface area contributed by atoms with E-state index in [1.807, 2.05) is 26.0 Å². The van der Waals surface area contributed by atoms with Crippen molar-refractivity contribution in [2.75, 3.05) is 7.11 Å². The lowest BCUT2D eigenvalue weighted by Gasteiger charge is -2.37. The second-order valence-corrected chi connectivity index (χ2v) is 8.66. The number of benzene rings is 1. The van der Waals surface area contributed by atoms with Gasteiger partial charge in [0.05, 0.1) is 7.11 Å². The van der Waals surface area contributed by atoms with Crippen LogP contribution in [-0.2, 0) is 10.8 Å². The number of fused-ring (bicyclic) bond motifs is 2. The summed E-state index contributed by atoms with van der Waals surface area (Å²) in [6.07, 6.45) is 4.81. The average molecular weight is 320 g/mol. The molecule has 22 heavy (non-hydrogen) atoms. The molecular formula is C18H24O3S. The zero-order valence-electron chi connectivity index (χ0n) is 13.6. The minimum atomic E-state index is -0.718. The van der Waals surface area contributed by atoms with Crippen LogP contribution in [0.4, 0.5) is 0 Å². The normalized spacial score (nSPS) is 30.9. The van der Waals surface area contributed by atoms with Crippen molar-refractivity contribution in [3.8, 4) is 5.75 Å². The highest BCUT2D eigenvalue weighted by Crippen LogP contribution is 2.39. The number of carbonyl (C=O) groups is 1. The smallest absolute Gasteiger partial charge is 0.166 e. The molecule has 2 bridgehead atoms. The van der Waals surface area contributed by atoms with Gasteiger partial charge in [0.25, 0.3) is 0 Å². The van der Waals surface area contributed by atoms with Crippen molar-refractivity contribution in [2.24, 2.45) is 5.92 Å². The van der Waals surface area contributed by atoms with Gasteiger partial charge in [-0.25, -0.2) is 0 Å². The monoisotopic (exact) mass is 320 g/mol. The Hall–Kier alpha value is -1.16. The Morgan fingerprint density at radius 1 is 1.14 bits per heavy atom. The first kappa shape index (κ1) is 15.7. The third-order valence-corrected chi connectivity index (χ3v) is 7.33. The number of ether oxygens (including phenoxy) is 1. The van der Waals surface area contributed by atoms with Crippen LogP contribution >= 0.6 is 0 Å². The number of aryl methyl sites for hydroxylation is 2. The number of carbonyl (C=O) groups excluding carboxylic acids is 1. The topological polar surface area (TPSA) is 43.4 Å². The molecule has 3 rings (SSSR count). The van der Waals surface area contributed by atoms with E-state index in [0.29, 0.717) is 0 Å². The molecule has 0 spiro atoms. The summed E-state index contributed by atoms with van der Waals surface area (Å²) in [6.45, 7) is 3.95. The maximum Gasteiger partial charge on any atom is 0.166 e. The van der Waals surface area contributed by atoms with Crippen LogP contribution in [0.1, 0.15) is 53.6 Å². The average Bonchev–Trinajstić information content (AvgIpc) is 2.45. The van der Waals surface area contributed by atoms with Crippen LogP contribution < -0.4 is 4.74 Å². The van der Waals surface area contributed by atoms with Crippen LogP contribution in [0.5, 0.6) is 5.75 Å². The van der Waals surface area contributed by atoms with Crippen molar-refractivity contribution in [1.29, 1.82) is 0 Å². The zero-order valence-corrected chi connectivity index (χ0v) is 14.4. The van der Waals surface area contributed by atoms with Crippen molar-refractivity contribution in [3.05, 3.63) is 28.8 Å². The number of rotatable bonds is 3. The summed E-state index contributed by atoms with van der Waals surface area (Å²) in [5.74, 6) is 1.08. The summed E-state index contributed by atoms with van der Waals surface area (Å²) in [5, 5.41) is 0.473. The van der Waals surface area contributed by atoms with Crippen molar-refractivity contribution < 1.29 is 13.7 Å². The minimum Gasteiger partial charge on any atom is -0.497 e. The molecule has 3 nitrogen and oxygen atoms in total. The van der Waals surface area contributed by atoms with Crippen molar-refractivity contribution in [2.45, 2.75) is 56.5 Å². The van der Waals surface area contributed by atoms with E-state index in [1.54, 1.807) is 7.11 Å². The fraction of sp³-hybridized carbons (Fsp3) is 0.611. The van der Waals surface area contributed by atoms with Crippen LogP contribution in [0.25, 0.3) is 0 Å². The number of hydrogen-bond acceptors (Lipinski definition) is 3. The molecule has 0 N–H and O–H groups in total. The van der Waals surface area contributed by atoms with Crippen LogP contribution in [0.2, 0.25) is 0 Å². The number of methoxy groups -OCH3 is 1. The van der Waals surface area contributed by atoms with Gasteiger partial charge in [0, 0.05) is 32.8 Å². The Balaban J connectivity index is 1.87. The van der Waals surface area contributed by atoms with Gasteiger partial charge < -0.3 is 4.74 Å². The Labute approximate surface area is 134 Å². The van der Waals surface area contributed by atoms with Gasteiger partial charge in [-0.05, 0) is 62.8 Å². The lowest BCUT2D eigenvalue weighted by atomic mass is 9.82. The molecule has 2 fully saturated rings. The molecule has 0 saturated carbocycles. The Morgan fingerprint density at radius 2 is 1.68 bits per heavy atom. The lowest BCUT2D eigenvalue weighted by molar-refractivity contribution is 0.0894. The van der Waals surface area contributed by atoms with E-state index in [-0.39, 0.29) is 22.2 Å². The maximum atomic E-state index is 13.0. The molecule has 2 atom stereocenters. The Kier molecular flexibility index (Phi) is 4.40. The molecule has 0 radical (unpaired) electrons. The lowest BCUT2D eigenvalue weighted by Crippen LogP contribution is -2.41. The molecule has 2 aliphatic rings. The SMILES string of the molecule is COc1cc(C)c(C(=O)C2CC3CCCC(C2)S3=O)c(C)c1. The second kappa shape index (κ2) is 6.15. The molecule has 1 aromatic rings. The molecule has 2 unspecified atom stereocenters. The zero-order chi connectivity index (χ0) is 15.9. The van der Waals surface area contributed by atoms with E-state index in [2.05, 4.69) is 0 Å². The predicted octanol–water partition coefficient (Wildman–Crippen LogP) is 3.57. The highest BCUT2D eigenvalue weighted by molar-refractivity contribution is 7.86. The van der Waals surface area contributed by atoms with Gasteiger partial charge in [-0.1, -0.05) is 6.42 Å². The molecule has 120 valence electrons. The number of hydrogen-bond donors (Lipinski definition) is 0. The first-order chi connectivity index (χ1) is 10.5. The number of Topliss-reactive ketones (excluding diaryl/α,β-unsaturated/α-hetero) is 1. The van der Waals surface area contributed by atoms with Crippen LogP contribution in [0.3, 0.4) is 0 Å². The second-order valence-electron chi connectivity index (χ2n) is 6.67. The molecular weight excluding hydrogens is 296 g/mol. The summed E-state index contributed by atoms with van der Waals surface area (Å²) in [4.78, 5) is 13.0. The molecule has 2 saturated heterocycles. The molecule has 1 aromatic carbocycles. The van der Waals surface area contributed by atoms with Crippen molar-refractivity contribution in [3.63, 3.8) is 0 Å². The molecule has 4 heteroatoms. The van der Waals surface area contributed by atoms with Crippen molar-refractivity contribution in [1.82, 2.24) is 0 Å². The van der Waals surface area contributed by atoms with E-state index >= 15 is 0 Å². The largest absolute Gasteiger partial charge is 0.497 e. The van der Waals surface area contributed by atoms with Crippen LogP contribution in [0.15, 0.2) is 12.1 Å². The van der Waals surface area contributed by atoms with Gasteiger partial charge in [-0.15, -0.1) is 0 Å².